The molecule has 2 aromatic rings. The molecular formula is C19H23N3O2. The van der Waals surface area contributed by atoms with Crippen LogP contribution in [0.3, 0.4) is 0 Å². The van der Waals surface area contributed by atoms with Gasteiger partial charge in [0, 0.05) is 31.4 Å². The highest BCUT2D eigenvalue weighted by Gasteiger charge is 2.21. The summed E-state index contributed by atoms with van der Waals surface area (Å²) in [4.78, 5) is 16.0. The number of urea groups is 1. The van der Waals surface area contributed by atoms with Gasteiger partial charge in [0.15, 0.2) is 0 Å². The number of fused-ring (bicyclic) bond motifs is 1. The summed E-state index contributed by atoms with van der Waals surface area (Å²) in [5.41, 5.74) is 3.70. The van der Waals surface area contributed by atoms with E-state index >= 15 is 0 Å². The molecule has 3 rings (SSSR count). The van der Waals surface area contributed by atoms with Crippen molar-refractivity contribution in [3.8, 4) is 5.75 Å². The molecule has 126 valence electrons. The van der Waals surface area contributed by atoms with Crippen molar-refractivity contribution in [2.24, 2.45) is 0 Å². The highest BCUT2D eigenvalue weighted by Crippen LogP contribution is 2.33. The fourth-order valence-corrected chi connectivity index (χ4v) is 3.19. The molecule has 0 saturated carbocycles. The number of carbonyl (C=O) groups excluding carboxylic acids is 1. The van der Waals surface area contributed by atoms with Gasteiger partial charge in [-0.25, -0.2) is 4.79 Å². The molecule has 1 heterocycles. The number of carbonyl (C=O) groups is 1. The predicted molar refractivity (Wildman–Crippen MR) is 93.1 cm³/mol. The maximum Gasteiger partial charge on any atom is 0.315 e. The van der Waals surface area contributed by atoms with Gasteiger partial charge >= 0.3 is 6.03 Å². The van der Waals surface area contributed by atoms with Gasteiger partial charge < -0.3 is 15.4 Å². The Morgan fingerprint density at radius 3 is 2.88 bits per heavy atom. The predicted octanol–water partition coefficient (Wildman–Crippen LogP) is 3.01. The van der Waals surface area contributed by atoms with Gasteiger partial charge in [0.25, 0.3) is 0 Å². The Kier molecular flexibility index (Phi) is 5.31. The number of nitrogens with zero attached hydrogens (tertiary/aromatic N) is 1. The lowest BCUT2D eigenvalue weighted by atomic mass is 9.82. The van der Waals surface area contributed by atoms with Crippen LogP contribution in [-0.2, 0) is 13.0 Å². The number of ether oxygens (including phenoxy) is 1. The number of amides is 2. The van der Waals surface area contributed by atoms with Crippen molar-refractivity contribution in [2.45, 2.75) is 31.7 Å². The van der Waals surface area contributed by atoms with E-state index in [1.54, 1.807) is 19.5 Å². The third kappa shape index (κ3) is 4.04. The summed E-state index contributed by atoms with van der Waals surface area (Å²) in [5.74, 6) is 1.27. The van der Waals surface area contributed by atoms with E-state index in [2.05, 4.69) is 27.8 Å². The summed E-state index contributed by atoms with van der Waals surface area (Å²) in [7, 11) is 1.69. The Balaban J connectivity index is 1.53. The molecule has 2 amide bonds. The molecule has 0 aliphatic heterocycles. The van der Waals surface area contributed by atoms with Crippen LogP contribution in [0.25, 0.3) is 0 Å². The van der Waals surface area contributed by atoms with Crippen molar-refractivity contribution in [1.29, 1.82) is 0 Å². The number of pyridine rings is 1. The number of hydrogen-bond donors (Lipinski definition) is 2. The van der Waals surface area contributed by atoms with Gasteiger partial charge in [-0.2, -0.15) is 0 Å². The van der Waals surface area contributed by atoms with Crippen LogP contribution in [0.2, 0.25) is 0 Å². The first-order valence-corrected chi connectivity index (χ1v) is 8.33. The summed E-state index contributed by atoms with van der Waals surface area (Å²) in [6.07, 6.45) is 6.77. The van der Waals surface area contributed by atoms with Gasteiger partial charge in [-0.05, 0) is 60.2 Å². The minimum Gasteiger partial charge on any atom is -0.497 e. The van der Waals surface area contributed by atoms with Crippen molar-refractivity contribution in [3.05, 3.63) is 59.4 Å². The monoisotopic (exact) mass is 325 g/mol. The standard InChI is InChI=1S/C19H23N3O2/c1-24-17-5-6-18-15(11-17)3-2-4-16(18)13-22-19(23)21-12-14-7-9-20-10-8-14/h5-11,16H,2-4,12-13H2,1H3,(H2,21,22,23)/t16-/m1/s1. The molecule has 2 N–H and O–H groups in total. The first kappa shape index (κ1) is 16.3. The molecule has 24 heavy (non-hydrogen) atoms. The third-order valence-electron chi connectivity index (χ3n) is 4.50. The second kappa shape index (κ2) is 7.81. The number of methoxy groups -OCH3 is 1. The zero-order valence-corrected chi connectivity index (χ0v) is 13.9. The van der Waals surface area contributed by atoms with E-state index in [-0.39, 0.29) is 6.03 Å². The molecule has 1 aliphatic rings. The van der Waals surface area contributed by atoms with Crippen molar-refractivity contribution < 1.29 is 9.53 Å². The maximum atomic E-state index is 12.0. The minimum atomic E-state index is -0.132. The Hall–Kier alpha value is -2.56. The number of hydrogen-bond acceptors (Lipinski definition) is 3. The molecule has 0 unspecified atom stereocenters. The summed E-state index contributed by atoms with van der Waals surface area (Å²) in [6.45, 7) is 1.16. The highest BCUT2D eigenvalue weighted by molar-refractivity contribution is 5.73. The van der Waals surface area contributed by atoms with E-state index in [0.29, 0.717) is 19.0 Å². The molecule has 0 fully saturated rings. The van der Waals surface area contributed by atoms with Crippen LogP contribution < -0.4 is 15.4 Å². The SMILES string of the molecule is COc1ccc2c(c1)CCC[C@@H]2CNC(=O)NCc1ccncc1. The Morgan fingerprint density at radius 1 is 1.25 bits per heavy atom. The molecule has 0 bridgehead atoms. The zero-order valence-electron chi connectivity index (χ0n) is 13.9. The third-order valence-corrected chi connectivity index (χ3v) is 4.50. The molecule has 0 radical (unpaired) electrons. The Bertz CT molecular complexity index is 688. The van der Waals surface area contributed by atoms with Crippen LogP contribution in [0.1, 0.15) is 35.4 Å². The second-order valence-electron chi connectivity index (χ2n) is 6.07. The van der Waals surface area contributed by atoms with Crippen molar-refractivity contribution in [3.63, 3.8) is 0 Å². The lowest BCUT2D eigenvalue weighted by molar-refractivity contribution is 0.239. The van der Waals surface area contributed by atoms with E-state index < -0.39 is 0 Å². The molecule has 5 heteroatoms. The Morgan fingerprint density at radius 2 is 2.08 bits per heavy atom. The zero-order chi connectivity index (χ0) is 16.8. The fourth-order valence-electron chi connectivity index (χ4n) is 3.19. The quantitative estimate of drug-likeness (QED) is 0.888. The lowest BCUT2D eigenvalue weighted by Crippen LogP contribution is -2.38. The molecule has 1 aromatic carbocycles. The number of aryl methyl sites for hydroxylation is 1. The number of nitrogens with one attached hydrogen (secondary N) is 2. The van der Waals surface area contributed by atoms with Crippen LogP contribution in [0.15, 0.2) is 42.7 Å². The van der Waals surface area contributed by atoms with Crippen molar-refractivity contribution in [2.75, 3.05) is 13.7 Å². The number of benzene rings is 1. The maximum absolute atomic E-state index is 12.0. The van der Waals surface area contributed by atoms with Crippen LogP contribution in [0, 0.1) is 0 Å². The van der Waals surface area contributed by atoms with E-state index in [0.717, 1.165) is 30.6 Å². The number of aromatic nitrogens is 1. The van der Waals surface area contributed by atoms with Gasteiger partial charge in [0.1, 0.15) is 5.75 Å². The van der Waals surface area contributed by atoms with E-state index in [4.69, 9.17) is 4.74 Å². The average molecular weight is 325 g/mol. The first-order chi connectivity index (χ1) is 11.8. The first-order valence-electron chi connectivity index (χ1n) is 8.33. The summed E-state index contributed by atoms with van der Waals surface area (Å²) in [6, 6.07) is 9.91. The molecule has 0 spiro atoms. The van der Waals surface area contributed by atoms with Crippen molar-refractivity contribution >= 4 is 6.03 Å². The Labute approximate surface area is 142 Å². The topological polar surface area (TPSA) is 63.2 Å². The molecule has 5 nitrogen and oxygen atoms in total. The molecule has 1 atom stereocenters. The fraction of sp³-hybridized carbons (Fsp3) is 0.368. The highest BCUT2D eigenvalue weighted by atomic mass is 16.5. The summed E-state index contributed by atoms with van der Waals surface area (Å²) < 4.78 is 5.30. The molecule has 1 aliphatic carbocycles. The molecule has 0 saturated heterocycles. The molecular weight excluding hydrogens is 302 g/mol. The largest absolute Gasteiger partial charge is 0.497 e. The normalized spacial score (nSPS) is 16.1. The van der Waals surface area contributed by atoms with Gasteiger partial charge in [-0.1, -0.05) is 6.07 Å². The summed E-state index contributed by atoms with van der Waals surface area (Å²) >= 11 is 0. The van der Waals surface area contributed by atoms with E-state index in [1.807, 2.05) is 18.2 Å². The van der Waals surface area contributed by atoms with E-state index in [9.17, 15) is 4.79 Å². The van der Waals surface area contributed by atoms with Gasteiger partial charge in [0.05, 0.1) is 7.11 Å². The lowest BCUT2D eigenvalue weighted by Gasteiger charge is -2.26. The van der Waals surface area contributed by atoms with Crippen LogP contribution in [0.5, 0.6) is 5.75 Å². The number of rotatable bonds is 5. The van der Waals surface area contributed by atoms with Crippen LogP contribution >= 0.6 is 0 Å². The van der Waals surface area contributed by atoms with Crippen LogP contribution in [-0.4, -0.2) is 24.7 Å². The smallest absolute Gasteiger partial charge is 0.315 e. The minimum absolute atomic E-state index is 0.132. The molecule has 1 aromatic heterocycles. The van der Waals surface area contributed by atoms with Crippen molar-refractivity contribution in [1.82, 2.24) is 15.6 Å². The van der Waals surface area contributed by atoms with Crippen LogP contribution in [0.4, 0.5) is 4.79 Å². The van der Waals surface area contributed by atoms with Gasteiger partial charge in [-0.15, -0.1) is 0 Å². The van der Waals surface area contributed by atoms with E-state index in [1.165, 1.54) is 11.1 Å². The van der Waals surface area contributed by atoms with Gasteiger partial charge in [-0.3, -0.25) is 4.98 Å². The van der Waals surface area contributed by atoms with Gasteiger partial charge in [0.2, 0.25) is 0 Å². The summed E-state index contributed by atoms with van der Waals surface area (Å²) in [5, 5.41) is 5.88. The second-order valence-corrected chi connectivity index (χ2v) is 6.07. The average Bonchev–Trinajstić information content (AvgIpc) is 2.65.